The summed E-state index contributed by atoms with van der Waals surface area (Å²) in [6, 6.07) is 0.0244. The molecule has 5 heteroatoms. The van der Waals surface area contributed by atoms with Crippen molar-refractivity contribution in [2.24, 2.45) is 10.9 Å². The Balaban J connectivity index is 1.99. The van der Waals surface area contributed by atoms with Gasteiger partial charge in [-0.3, -0.25) is 10.1 Å². The SMILES string of the molecule is CC(C)NC1=NC(C2CCOC2)C(=O)N1. The second-order valence-corrected chi connectivity index (χ2v) is 4.33. The molecule has 2 unspecified atom stereocenters. The smallest absolute Gasteiger partial charge is 0.251 e. The van der Waals surface area contributed by atoms with Gasteiger partial charge >= 0.3 is 0 Å². The molecule has 2 heterocycles. The van der Waals surface area contributed by atoms with Gasteiger partial charge in [0.2, 0.25) is 0 Å². The molecule has 0 spiro atoms. The summed E-state index contributed by atoms with van der Waals surface area (Å²) < 4.78 is 5.26. The number of carbonyl (C=O) groups is 1. The molecule has 2 N–H and O–H groups in total. The maximum absolute atomic E-state index is 11.6. The Morgan fingerprint density at radius 2 is 2.40 bits per heavy atom. The summed E-state index contributed by atoms with van der Waals surface area (Å²) in [7, 11) is 0. The first-order chi connectivity index (χ1) is 7.16. The second kappa shape index (κ2) is 4.18. The minimum Gasteiger partial charge on any atom is -0.381 e. The predicted octanol–water partition coefficient (Wildman–Crippen LogP) is -0.125. The van der Waals surface area contributed by atoms with E-state index in [1.807, 2.05) is 13.8 Å². The van der Waals surface area contributed by atoms with E-state index in [0.717, 1.165) is 13.0 Å². The Hall–Kier alpha value is -1.10. The van der Waals surface area contributed by atoms with Crippen molar-refractivity contribution in [1.82, 2.24) is 10.6 Å². The molecule has 15 heavy (non-hydrogen) atoms. The third-order valence-electron chi connectivity index (χ3n) is 2.62. The lowest BCUT2D eigenvalue weighted by Gasteiger charge is -2.09. The van der Waals surface area contributed by atoms with E-state index in [1.54, 1.807) is 0 Å². The van der Waals surface area contributed by atoms with Gasteiger partial charge in [-0.05, 0) is 20.3 Å². The van der Waals surface area contributed by atoms with E-state index in [0.29, 0.717) is 12.6 Å². The zero-order valence-corrected chi connectivity index (χ0v) is 9.12. The molecular weight excluding hydrogens is 194 g/mol. The monoisotopic (exact) mass is 211 g/mol. The molecule has 0 aliphatic carbocycles. The van der Waals surface area contributed by atoms with Crippen LogP contribution < -0.4 is 10.6 Å². The summed E-state index contributed by atoms with van der Waals surface area (Å²) in [5.41, 5.74) is 0. The van der Waals surface area contributed by atoms with Crippen molar-refractivity contribution in [2.45, 2.75) is 32.4 Å². The fourth-order valence-corrected chi connectivity index (χ4v) is 1.89. The van der Waals surface area contributed by atoms with Crippen molar-refractivity contribution in [2.75, 3.05) is 13.2 Å². The van der Waals surface area contributed by atoms with Gasteiger partial charge in [-0.25, -0.2) is 4.99 Å². The fourth-order valence-electron chi connectivity index (χ4n) is 1.89. The molecule has 0 aromatic rings. The molecule has 0 aromatic heterocycles. The van der Waals surface area contributed by atoms with Crippen LogP contribution in [0.15, 0.2) is 4.99 Å². The van der Waals surface area contributed by atoms with Gasteiger partial charge in [-0.2, -0.15) is 0 Å². The first-order valence-corrected chi connectivity index (χ1v) is 5.40. The number of amides is 1. The zero-order chi connectivity index (χ0) is 10.8. The Morgan fingerprint density at radius 1 is 1.60 bits per heavy atom. The van der Waals surface area contributed by atoms with Crippen molar-refractivity contribution in [1.29, 1.82) is 0 Å². The number of nitrogens with zero attached hydrogens (tertiary/aromatic N) is 1. The van der Waals surface area contributed by atoms with Crippen molar-refractivity contribution in [3.8, 4) is 0 Å². The van der Waals surface area contributed by atoms with Crippen molar-refractivity contribution >= 4 is 11.9 Å². The van der Waals surface area contributed by atoms with Gasteiger partial charge in [-0.15, -0.1) is 0 Å². The molecule has 0 aromatic carbocycles. The molecule has 2 rings (SSSR count). The lowest BCUT2D eigenvalue weighted by molar-refractivity contribution is -0.121. The normalized spacial score (nSPS) is 30.6. The fraction of sp³-hybridized carbons (Fsp3) is 0.800. The van der Waals surface area contributed by atoms with E-state index in [2.05, 4.69) is 15.6 Å². The van der Waals surface area contributed by atoms with E-state index in [9.17, 15) is 4.79 Å². The van der Waals surface area contributed by atoms with Crippen molar-refractivity contribution in [3.05, 3.63) is 0 Å². The molecular formula is C10H17N3O2. The van der Waals surface area contributed by atoms with Gasteiger partial charge in [0.1, 0.15) is 6.04 Å². The maximum atomic E-state index is 11.6. The molecule has 1 fully saturated rings. The van der Waals surface area contributed by atoms with Crippen LogP contribution >= 0.6 is 0 Å². The summed E-state index contributed by atoms with van der Waals surface area (Å²) in [5.74, 6) is 0.844. The highest BCUT2D eigenvalue weighted by molar-refractivity contribution is 6.05. The zero-order valence-electron chi connectivity index (χ0n) is 9.12. The first-order valence-electron chi connectivity index (χ1n) is 5.40. The van der Waals surface area contributed by atoms with Crippen LogP contribution in [0.2, 0.25) is 0 Å². The molecule has 2 aliphatic heterocycles. The van der Waals surface area contributed by atoms with E-state index >= 15 is 0 Å². The van der Waals surface area contributed by atoms with Gasteiger partial charge < -0.3 is 10.1 Å². The van der Waals surface area contributed by atoms with E-state index < -0.39 is 0 Å². The third-order valence-corrected chi connectivity index (χ3v) is 2.62. The lowest BCUT2D eigenvalue weighted by Crippen LogP contribution is -2.41. The molecule has 1 saturated heterocycles. The van der Waals surface area contributed by atoms with Crippen LogP contribution in [0.1, 0.15) is 20.3 Å². The van der Waals surface area contributed by atoms with Crippen molar-refractivity contribution in [3.63, 3.8) is 0 Å². The van der Waals surface area contributed by atoms with Gasteiger partial charge in [-0.1, -0.05) is 0 Å². The molecule has 84 valence electrons. The molecule has 0 bridgehead atoms. The number of rotatable bonds is 2. The highest BCUT2D eigenvalue weighted by Gasteiger charge is 2.35. The van der Waals surface area contributed by atoms with Gasteiger partial charge in [0.05, 0.1) is 6.61 Å². The average molecular weight is 211 g/mol. The number of carbonyl (C=O) groups excluding carboxylic acids is 1. The maximum Gasteiger partial charge on any atom is 0.251 e. The Labute approximate surface area is 89.3 Å². The van der Waals surface area contributed by atoms with E-state index in [4.69, 9.17) is 4.74 Å². The van der Waals surface area contributed by atoms with Crippen LogP contribution in [-0.2, 0) is 9.53 Å². The standard InChI is InChI=1S/C10H17N3O2/c1-6(2)11-10-12-8(9(14)13-10)7-3-4-15-5-7/h6-8H,3-5H2,1-2H3,(H2,11,12,13,14). The quantitative estimate of drug-likeness (QED) is 0.669. The van der Waals surface area contributed by atoms with E-state index in [1.165, 1.54) is 0 Å². The van der Waals surface area contributed by atoms with Crippen LogP contribution in [0, 0.1) is 5.92 Å². The Bertz CT molecular complexity index is 282. The highest BCUT2D eigenvalue weighted by Crippen LogP contribution is 2.21. The molecule has 1 amide bonds. The number of hydrogen-bond donors (Lipinski definition) is 2. The average Bonchev–Trinajstić information content (AvgIpc) is 2.72. The summed E-state index contributed by atoms with van der Waals surface area (Å²) in [4.78, 5) is 16.0. The lowest BCUT2D eigenvalue weighted by atomic mass is 10.00. The minimum absolute atomic E-state index is 0.00588. The minimum atomic E-state index is -0.256. The van der Waals surface area contributed by atoms with Gasteiger partial charge in [0.25, 0.3) is 5.91 Å². The first kappa shape index (κ1) is 10.4. The predicted molar refractivity (Wildman–Crippen MR) is 56.6 cm³/mol. The number of hydrogen-bond acceptors (Lipinski definition) is 4. The number of ether oxygens (including phenoxy) is 1. The molecule has 2 aliphatic rings. The number of guanidine groups is 1. The topological polar surface area (TPSA) is 62.7 Å². The summed E-state index contributed by atoms with van der Waals surface area (Å²) in [5, 5.41) is 5.86. The summed E-state index contributed by atoms with van der Waals surface area (Å²) in [6.45, 7) is 5.43. The molecule has 0 saturated carbocycles. The van der Waals surface area contributed by atoms with E-state index in [-0.39, 0.29) is 23.9 Å². The molecule has 0 radical (unpaired) electrons. The summed E-state index contributed by atoms with van der Waals surface area (Å²) >= 11 is 0. The Kier molecular flexibility index (Phi) is 2.90. The summed E-state index contributed by atoms with van der Waals surface area (Å²) in [6.07, 6.45) is 0.927. The molecule has 2 atom stereocenters. The van der Waals surface area contributed by atoms with Gasteiger partial charge in [0.15, 0.2) is 5.96 Å². The van der Waals surface area contributed by atoms with Crippen molar-refractivity contribution < 1.29 is 9.53 Å². The van der Waals surface area contributed by atoms with Crippen LogP contribution in [0.3, 0.4) is 0 Å². The largest absolute Gasteiger partial charge is 0.381 e. The Morgan fingerprint density at radius 3 is 3.00 bits per heavy atom. The van der Waals surface area contributed by atoms with Crippen LogP contribution in [0.5, 0.6) is 0 Å². The third kappa shape index (κ3) is 2.28. The van der Waals surface area contributed by atoms with Crippen LogP contribution in [0.4, 0.5) is 0 Å². The highest BCUT2D eigenvalue weighted by atomic mass is 16.5. The second-order valence-electron chi connectivity index (χ2n) is 4.33. The molecule has 5 nitrogen and oxygen atoms in total. The number of nitrogens with one attached hydrogen (secondary N) is 2. The van der Waals surface area contributed by atoms with Crippen LogP contribution in [-0.4, -0.2) is 37.2 Å². The number of aliphatic imine (C=N–C) groups is 1. The van der Waals surface area contributed by atoms with Crippen LogP contribution in [0.25, 0.3) is 0 Å². The van der Waals surface area contributed by atoms with Gasteiger partial charge in [0, 0.05) is 18.6 Å².